The summed E-state index contributed by atoms with van der Waals surface area (Å²) >= 11 is 0. The van der Waals surface area contributed by atoms with E-state index in [9.17, 15) is 14.4 Å². The molecule has 0 aromatic heterocycles. The number of unbranched alkanes of at least 4 members (excludes halogenated alkanes) is 1. The molecule has 1 saturated heterocycles. The zero-order chi connectivity index (χ0) is 23.1. The van der Waals surface area contributed by atoms with Crippen molar-refractivity contribution < 1.29 is 19.1 Å². The summed E-state index contributed by atoms with van der Waals surface area (Å²) in [6, 6.07) is 14.2. The highest BCUT2D eigenvalue weighted by Crippen LogP contribution is 2.41. The van der Waals surface area contributed by atoms with E-state index < -0.39 is 12.0 Å². The van der Waals surface area contributed by atoms with E-state index in [2.05, 4.69) is 17.6 Å². The van der Waals surface area contributed by atoms with Crippen LogP contribution >= 0.6 is 0 Å². The molecule has 2 unspecified atom stereocenters. The standard InChI is InChI=1S/C25H31N3O4/c1-4-5-15-28-23(30)14-13-21(24(28)20-11-6-7-12-22(20)32-3)25(31)27-19-10-8-9-18(16-19)26-17(2)29/h6-12,16,21,24H,4-5,13-15H2,1-3H3,(H,26,29)(H,27,31). The Morgan fingerprint density at radius 1 is 1.09 bits per heavy atom. The van der Waals surface area contributed by atoms with Crippen LogP contribution in [0.1, 0.15) is 51.1 Å². The topological polar surface area (TPSA) is 87.7 Å². The maximum absolute atomic E-state index is 13.4. The number of rotatable bonds is 8. The molecule has 2 N–H and O–H groups in total. The van der Waals surface area contributed by atoms with Crippen LogP contribution < -0.4 is 15.4 Å². The fourth-order valence-electron chi connectivity index (χ4n) is 4.23. The van der Waals surface area contributed by atoms with Crippen LogP contribution in [0.4, 0.5) is 11.4 Å². The number of nitrogens with one attached hydrogen (secondary N) is 2. The number of ether oxygens (including phenoxy) is 1. The van der Waals surface area contributed by atoms with Crippen LogP contribution in [-0.4, -0.2) is 36.3 Å². The smallest absolute Gasteiger partial charge is 0.229 e. The van der Waals surface area contributed by atoms with E-state index in [1.54, 1.807) is 31.4 Å². The van der Waals surface area contributed by atoms with Crippen molar-refractivity contribution in [2.45, 2.75) is 45.6 Å². The molecule has 2 aromatic rings. The molecule has 0 aliphatic carbocycles. The summed E-state index contributed by atoms with van der Waals surface area (Å²) in [5.74, 6) is -0.0348. The largest absolute Gasteiger partial charge is 0.496 e. The van der Waals surface area contributed by atoms with Gasteiger partial charge in [-0.3, -0.25) is 14.4 Å². The van der Waals surface area contributed by atoms with Crippen LogP contribution in [-0.2, 0) is 14.4 Å². The fourth-order valence-corrected chi connectivity index (χ4v) is 4.23. The van der Waals surface area contributed by atoms with Crippen molar-refractivity contribution in [3.8, 4) is 5.75 Å². The minimum Gasteiger partial charge on any atom is -0.496 e. The van der Waals surface area contributed by atoms with Gasteiger partial charge in [0, 0.05) is 36.8 Å². The molecule has 1 heterocycles. The third kappa shape index (κ3) is 5.46. The van der Waals surface area contributed by atoms with Gasteiger partial charge in [0.1, 0.15) is 5.75 Å². The van der Waals surface area contributed by atoms with Crippen molar-refractivity contribution >= 4 is 29.1 Å². The summed E-state index contributed by atoms with van der Waals surface area (Å²) in [6.45, 7) is 4.12. The molecule has 0 radical (unpaired) electrons. The summed E-state index contributed by atoms with van der Waals surface area (Å²) in [5, 5.41) is 5.71. The Labute approximate surface area is 189 Å². The number of hydrogen-bond acceptors (Lipinski definition) is 4. The van der Waals surface area contributed by atoms with Gasteiger partial charge in [-0.05, 0) is 37.1 Å². The lowest BCUT2D eigenvalue weighted by molar-refractivity contribution is -0.142. The number of para-hydroxylation sites is 1. The number of carbonyl (C=O) groups excluding carboxylic acids is 3. The lowest BCUT2D eigenvalue weighted by Gasteiger charge is -2.41. The molecule has 0 bridgehead atoms. The Balaban J connectivity index is 1.92. The van der Waals surface area contributed by atoms with Crippen LogP contribution in [0.15, 0.2) is 48.5 Å². The predicted octanol–water partition coefficient (Wildman–Crippen LogP) is 4.37. The zero-order valence-corrected chi connectivity index (χ0v) is 18.9. The SMILES string of the molecule is CCCCN1C(=O)CCC(C(=O)Nc2cccc(NC(C)=O)c2)C1c1ccccc1OC. The predicted molar refractivity (Wildman–Crippen MR) is 124 cm³/mol. The number of methoxy groups -OCH3 is 1. The molecule has 3 amide bonds. The van der Waals surface area contributed by atoms with Gasteiger partial charge in [-0.1, -0.05) is 37.6 Å². The number of piperidine rings is 1. The van der Waals surface area contributed by atoms with Gasteiger partial charge < -0.3 is 20.3 Å². The lowest BCUT2D eigenvalue weighted by atomic mass is 9.83. The van der Waals surface area contributed by atoms with Gasteiger partial charge >= 0.3 is 0 Å². The van der Waals surface area contributed by atoms with E-state index in [1.165, 1.54) is 6.92 Å². The summed E-state index contributed by atoms with van der Waals surface area (Å²) in [6.07, 6.45) is 2.61. The van der Waals surface area contributed by atoms with Crippen LogP contribution in [0, 0.1) is 5.92 Å². The molecule has 2 atom stereocenters. The average Bonchev–Trinajstić information content (AvgIpc) is 2.77. The number of amides is 3. The lowest BCUT2D eigenvalue weighted by Crippen LogP contribution is -2.47. The maximum Gasteiger partial charge on any atom is 0.229 e. The normalized spacial score (nSPS) is 18.2. The second kappa shape index (κ2) is 10.8. The summed E-state index contributed by atoms with van der Waals surface area (Å²) in [4.78, 5) is 39.5. The van der Waals surface area contributed by atoms with E-state index in [0.29, 0.717) is 36.5 Å². The quantitative estimate of drug-likeness (QED) is 0.642. The molecule has 170 valence electrons. The summed E-state index contributed by atoms with van der Waals surface area (Å²) < 4.78 is 5.58. The van der Waals surface area contributed by atoms with Gasteiger partial charge in [-0.25, -0.2) is 0 Å². The first-order valence-electron chi connectivity index (χ1n) is 11.1. The van der Waals surface area contributed by atoms with Crippen LogP contribution in [0.3, 0.4) is 0 Å². The highest BCUT2D eigenvalue weighted by molar-refractivity contribution is 5.96. The number of likely N-dealkylation sites (tertiary alicyclic amines) is 1. The highest BCUT2D eigenvalue weighted by Gasteiger charge is 2.41. The molecule has 1 fully saturated rings. The Morgan fingerprint density at radius 3 is 2.50 bits per heavy atom. The molecule has 0 saturated carbocycles. The molecule has 1 aliphatic rings. The third-order valence-electron chi connectivity index (χ3n) is 5.70. The van der Waals surface area contributed by atoms with Crippen molar-refractivity contribution in [1.82, 2.24) is 4.90 Å². The molecular formula is C25H31N3O4. The van der Waals surface area contributed by atoms with Gasteiger partial charge in [-0.2, -0.15) is 0 Å². The summed E-state index contributed by atoms with van der Waals surface area (Å²) in [5.41, 5.74) is 2.04. The Morgan fingerprint density at radius 2 is 1.81 bits per heavy atom. The first-order valence-corrected chi connectivity index (χ1v) is 11.1. The van der Waals surface area contributed by atoms with Gasteiger partial charge in [0.15, 0.2) is 0 Å². The number of nitrogens with zero attached hydrogens (tertiary/aromatic N) is 1. The molecule has 3 rings (SSSR count). The Bertz CT molecular complexity index is 975. The molecule has 7 heteroatoms. The Kier molecular flexibility index (Phi) is 7.87. The van der Waals surface area contributed by atoms with Crippen molar-refractivity contribution in [3.05, 3.63) is 54.1 Å². The van der Waals surface area contributed by atoms with E-state index >= 15 is 0 Å². The van der Waals surface area contributed by atoms with E-state index in [0.717, 1.165) is 18.4 Å². The van der Waals surface area contributed by atoms with Gasteiger partial charge in [0.25, 0.3) is 0 Å². The average molecular weight is 438 g/mol. The van der Waals surface area contributed by atoms with Gasteiger partial charge in [-0.15, -0.1) is 0 Å². The second-order valence-corrected chi connectivity index (χ2v) is 8.02. The summed E-state index contributed by atoms with van der Waals surface area (Å²) in [7, 11) is 1.60. The third-order valence-corrected chi connectivity index (χ3v) is 5.70. The number of carbonyl (C=O) groups is 3. The van der Waals surface area contributed by atoms with Crippen molar-refractivity contribution in [1.29, 1.82) is 0 Å². The molecule has 7 nitrogen and oxygen atoms in total. The van der Waals surface area contributed by atoms with E-state index in [-0.39, 0.29) is 17.7 Å². The van der Waals surface area contributed by atoms with Gasteiger partial charge in [0.2, 0.25) is 17.7 Å². The Hall–Kier alpha value is -3.35. The molecule has 1 aliphatic heterocycles. The van der Waals surface area contributed by atoms with Crippen LogP contribution in [0.25, 0.3) is 0 Å². The highest BCUT2D eigenvalue weighted by atomic mass is 16.5. The van der Waals surface area contributed by atoms with E-state index in [4.69, 9.17) is 4.74 Å². The minimum atomic E-state index is -0.426. The number of benzene rings is 2. The first-order chi connectivity index (χ1) is 15.4. The van der Waals surface area contributed by atoms with E-state index in [1.807, 2.05) is 29.2 Å². The van der Waals surface area contributed by atoms with Crippen molar-refractivity contribution in [2.75, 3.05) is 24.3 Å². The van der Waals surface area contributed by atoms with Gasteiger partial charge in [0.05, 0.1) is 19.1 Å². The number of anilines is 2. The fraction of sp³-hybridized carbons (Fsp3) is 0.400. The van der Waals surface area contributed by atoms with Crippen molar-refractivity contribution in [3.63, 3.8) is 0 Å². The molecule has 0 spiro atoms. The van der Waals surface area contributed by atoms with Crippen molar-refractivity contribution in [2.24, 2.45) is 5.92 Å². The zero-order valence-electron chi connectivity index (χ0n) is 18.9. The monoisotopic (exact) mass is 437 g/mol. The van der Waals surface area contributed by atoms with Crippen LogP contribution in [0.2, 0.25) is 0 Å². The minimum absolute atomic E-state index is 0.0612. The second-order valence-electron chi connectivity index (χ2n) is 8.02. The maximum atomic E-state index is 13.4. The molecule has 32 heavy (non-hydrogen) atoms. The number of hydrogen-bond donors (Lipinski definition) is 2. The first kappa shape index (κ1) is 23.3. The molecular weight excluding hydrogens is 406 g/mol. The molecule has 2 aromatic carbocycles. The van der Waals surface area contributed by atoms with Crippen LogP contribution in [0.5, 0.6) is 5.75 Å².